The fourth-order valence-corrected chi connectivity index (χ4v) is 5.83. The van der Waals surface area contributed by atoms with E-state index in [2.05, 4.69) is 22.4 Å². The lowest BCUT2D eigenvalue weighted by Crippen LogP contribution is -2.16. The van der Waals surface area contributed by atoms with Gasteiger partial charge >= 0.3 is 5.97 Å². The zero-order chi connectivity index (χ0) is 24.1. The van der Waals surface area contributed by atoms with Gasteiger partial charge in [0.05, 0.1) is 25.0 Å². The first-order chi connectivity index (χ1) is 16.5. The van der Waals surface area contributed by atoms with Crippen molar-refractivity contribution in [1.82, 2.24) is 14.8 Å². The number of carbonyl (C=O) groups is 2. The van der Waals surface area contributed by atoms with Crippen molar-refractivity contribution in [2.24, 2.45) is 7.05 Å². The first-order valence-electron chi connectivity index (χ1n) is 11.3. The number of nitrogens with zero attached hydrogens (tertiary/aromatic N) is 3. The third-order valence-electron chi connectivity index (χ3n) is 5.61. The standard InChI is InChI=1S/C24H28N4O4S2/c1-4-5-13-32-16-11-9-15(10-12-16)21-26-27-24(28(21)2)33-14-19(29)25-22-20(23(30)31-3)17-7-6-8-18(17)34-22/h9-12H,4-8,13-14H2,1-3H3,(H,25,29). The molecule has 1 aliphatic carbocycles. The van der Waals surface area contributed by atoms with E-state index < -0.39 is 5.97 Å². The van der Waals surface area contributed by atoms with E-state index >= 15 is 0 Å². The molecule has 4 rings (SSSR count). The van der Waals surface area contributed by atoms with Gasteiger partial charge in [-0.1, -0.05) is 25.1 Å². The molecule has 3 aromatic rings. The van der Waals surface area contributed by atoms with Crippen LogP contribution in [-0.2, 0) is 29.4 Å². The van der Waals surface area contributed by atoms with Gasteiger partial charge in [0.25, 0.3) is 0 Å². The molecule has 0 unspecified atom stereocenters. The van der Waals surface area contributed by atoms with Crippen LogP contribution >= 0.6 is 23.1 Å². The van der Waals surface area contributed by atoms with Gasteiger partial charge in [-0.2, -0.15) is 0 Å². The van der Waals surface area contributed by atoms with Gasteiger partial charge in [0, 0.05) is 17.5 Å². The molecule has 0 radical (unpaired) electrons. The minimum Gasteiger partial charge on any atom is -0.494 e. The molecule has 1 aliphatic rings. The summed E-state index contributed by atoms with van der Waals surface area (Å²) in [5.74, 6) is 1.09. The van der Waals surface area contributed by atoms with E-state index in [0.29, 0.717) is 28.2 Å². The van der Waals surface area contributed by atoms with Crippen molar-refractivity contribution in [3.05, 3.63) is 40.3 Å². The number of amides is 1. The number of carbonyl (C=O) groups excluding carboxylic acids is 2. The van der Waals surface area contributed by atoms with Gasteiger partial charge < -0.3 is 19.4 Å². The summed E-state index contributed by atoms with van der Waals surface area (Å²) in [7, 11) is 3.24. The molecule has 2 aromatic heterocycles. The zero-order valence-electron chi connectivity index (χ0n) is 19.6. The zero-order valence-corrected chi connectivity index (χ0v) is 21.2. The monoisotopic (exact) mass is 500 g/mol. The first kappa shape index (κ1) is 24.3. The summed E-state index contributed by atoms with van der Waals surface area (Å²) < 4.78 is 12.5. The predicted octanol–water partition coefficient (Wildman–Crippen LogP) is 4.73. The van der Waals surface area contributed by atoms with Crippen LogP contribution < -0.4 is 10.1 Å². The Hall–Kier alpha value is -2.85. The third-order valence-corrected chi connectivity index (χ3v) is 7.84. The van der Waals surface area contributed by atoms with E-state index in [1.54, 1.807) is 0 Å². The number of ether oxygens (including phenoxy) is 2. The number of hydrogen-bond acceptors (Lipinski definition) is 8. The summed E-state index contributed by atoms with van der Waals surface area (Å²) >= 11 is 2.77. The Balaban J connectivity index is 1.38. The smallest absolute Gasteiger partial charge is 0.341 e. The first-order valence-corrected chi connectivity index (χ1v) is 13.1. The van der Waals surface area contributed by atoms with Crippen molar-refractivity contribution in [1.29, 1.82) is 0 Å². The van der Waals surface area contributed by atoms with Gasteiger partial charge in [0.1, 0.15) is 10.8 Å². The lowest BCUT2D eigenvalue weighted by molar-refractivity contribution is -0.113. The van der Waals surface area contributed by atoms with E-state index in [1.165, 1.54) is 30.2 Å². The number of nitrogens with one attached hydrogen (secondary N) is 1. The fraction of sp³-hybridized carbons (Fsp3) is 0.417. The second kappa shape index (κ2) is 11.1. The number of thioether (sulfide) groups is 1. The molecule has 34 heavy (non-hydrogen) atoms. The Labute approximate surface area is 207 Å². The molecule has 180 valence electrons. The predicted molar refractivity (Wildman–Crippen MR) is 134 cm³/mol. The minimum atomic E-state index is -0.401. The summed E-state index contributed by atoms with van der Waals surface area (Å²) in [5, 5.41) is 12.6. The van der Waals surface area contributed by atoms with E-state index in [-0.39, 0.29) is 11.7 Å². The Kier molecular flexibility index (Phi) is 7.89. The number of fused-ring (bicyclic) bond motifs is 1. The molecule has 1 N–H and O–H groups in total. The number of aromatic nitrogens is 3. The number of hydrogen-bond donors (Lipinski definition) is 1. The van der Waals surface area contributed by atoms with E-state index in [0.717, 1.165) is 53.9 Å². The van der Waals surface area contributed by atoms with Crippen molar-refractivity contribution < 1.29 is 19.1 Å². The number of rotatable bonds is 10. The maximum Gasteiger partial charge on any atom is 0.341 e. The molecule has 8 nitrogen and oxygen atoms in total. The lowest BCUT2D eigenvalue weighted by atomic mass is 10.1. The van der Waals surface area contributed by atoms with Crippen molar-refractivity contribution >= 4 is 40.0 Å². The maximum atomic E-state index is 12.7. The summed E-state index contributed by atoms with van der Waals surface area (Å²) in [6, 6.07) is 7.77. The van der Waals surface area contributed by atoms with Crippen molar-refractivity contribution in [2.75, 3.05) is 24.8 Å². The molecule has 0 saturated carbocycles. The normalized spacial score (nSPS) is 12.4. The Bertz CT molecular complexity index is 1170. The summed E-state index contributed by atoms with van der Waals surface area (Å²) in [5.41, 5.74) is 2.44. The van der Waals surface area contributed by atoms with Gasteiger partial charge in [-0.3, -0.25) is 4.79 Å². The molecule has 1 amide bonds. The molecule has 0 saturated heterocycles. The maximum absolute atomic E-state index is 12.7. The second-order valence-electron chi connectivity index (χ2n) is 7.98. The van der Waals surface area contributed by atoms with Gasteiger partial charge in [0.15, 0.2) is 11.0 Å². The number of thiophene rings is 1. The molecular weight excluding hydrogens is 472 g/mol. The van der Waals surface area contributed by atoms with Crippen LogP contribution in [0.2, 0.25) is 0 Å². The average Bonchev–Trinajstić information content (AvgIpc) is 3.52. The van der Waals surface area contributed by atoms with Crippen LogP contribution in [0.4, 0.5) is 5.00 Å². The highest BCUT2D eigenvalue weighted by Gasteiger charge is 2.28. The van der Waals surface area contributed by atoms with Crippen LogP contribution in [-0.4, -0.2) is 46.1 Å². The highest BCUT2D eigenvalue weighted by molar-refractivity contribution is 7.99. The molecule has 10 heteroatoms. The molecule has 0 atom stereocenters. The molecule has 2 heterocycles. The van der Waals surface area contributed by atoms with E-state index in [9.17, 15) is 9.59 Å². The average molecular weight is 501 g/mol. The Morgan fingerprint density at radius 2 is 2.00 bits per heavy atom. The second-order valence-corrected chi connectivity index (χ2v) is 10.0. The van der Waals surface area contributed by atoms with Crippen molar-refractivity contribution in [3.8, 4) is 17.1 Å². The van der Waals surface area contributed by atoms with Crippen LogP contribution in [0.25, 0.3) is 11.4 Å². The van der Waals surface area contributed by atoms with E-state index in [4.69, 9.17) is 9.47 Å². The molecule has 0 fully saturated rings. The van der Waals surface area contributed by atoms with Gasteiger partial charge in [-0.15, -0.1) is 21.5 Å². The SMILES string of the molecule is CCCCOc1ccc(-c2nnc(SCC(=O)Nc3sc4c(c3C(=O)OC)CCC4)n2C)cc1. The van der Waals surface area contributed by atoms with E-state index in [1.807, 2.05) is 35.9 Å². The summed E-state index contributed by atoms with van der Waals surface area (Å²) in [6.07, 6.45) is 4.92. The lowest BCUT2D eigenvalue weighted by Gasteiger charge is -2.08. The highest BCUT2D eigenvalue weighted by Crippen LogP contribution is 2.39. The fourth-order valence-electron chi connectivity index (χ4n) is 3.83. The van der Waals surface area contributed by atoms with Crippen LogP contribution in [0.1, 0.15) is 47.0 Å². The Morgan fingerprint density at radius 3 is 2.74 bits per heavy atom. The quantitative estimate of drug-likeness (QED) is 0.244. The minimum absolute atomic E-state index is 0.152. The van der Waals surface area contributed by atoms with Gasteiger partial charge in [0.2, 0.25) is 5.91 Å². The van der Waals surface area contributed by atoms with Crippen LogP contribution in [0.15, 0.2) is 29.4 Å². The van der Waals surface area contributed by atoms with Gasteiger partial charge in [-0.25, -0.2) is 4.79 Å². The van der Waals surface area contributed by atoms with Crippen LogP contribution in [0.5, 0.6) is 5.75 Å². The largest absolute Gasteiger partial charge is 0.494 e. The highest BCUT2D eigenvalue weighted by atomic mass is 32.2. The summed E-state index contributed by atoms with van der Waals surface area (Å²) in [6.45, 7) is 2.84. The van der Waals surface area contributed by atoms with Crippen molar-refractivity contribution in [2.45, 2.75) is 44.2 Å². The Morgan fingerprint density at radius 1 is 1.21 bits per heavy atom. The van der Waals surface area contributed by atoms with Crippen LogP contribution in [0.3, 0.4) is 0 Å². The molecule has 0 spiro atoms. The molecule has 1 aromatic carbocycles. The number of esters is 1. The van der Waals surface area contributed by atoms with Crippen LogP contribution in [0, 0.1) is 0 Å². The topological polar surface area (TPSA) is 95.3 Å². The molecule has 0 bridgehead atoms. The number of aryl methyl sites for hydroxylation is 1. The molecular formula is C24H28N4O4S2. The number of benzene rings is 1. The number of unbranched alkanes of at least 4 members (excludes halogenated alkanes) is 1. The van der Waals surface area contributed by atoms with Gasteiger partial charge in [-0.05, 0) is 55.5 Å². The third kappa shape index (κ3) is 5.28. The number of anilines is 1. The molecule has 0 aliphatic heterocycles. The summed E-state index contributed by atoms with van der Waals surface area (Å²) in [4.78, 5) is 26.1. The van der Waals surface area contributed by atoms with Crippen molar-refractivity contribution in [3.63, 3.8) is 0 Å². The number of methoxy groups -OCH3 is 1.